The molecule has 0 N–H and O–H groups in total. The van der Waals surface area contributed by atoms with Crippen LogP contribution in [0.2, 0.25) is 0 Å². The van der Waals surface area contributed by atoms with Gasteiger partial charge in [-0.05, 0) is 24.8 Å². The van der Waals surface area contributed by atoms with Crippen LogP contribution < -0.4 is 5.56 Å². The summed E-state index contributed by atoms with van der Waals surface area (Å²) in [4.78, 5) is 18.3. The summed E-state index contributed by atoms with van der Waals surface area (Å²) in [6.07, 6.45) is 12.2. The van der Waals surface area contributed by atoms with E-state index in [0.29, 0.717) is 10.9 Å². The van der Waals surface area contributed by atoms with Crippen molar-refractivity contribution in [2.24, 2.45) is 7.05 Å². The molecule has 1 saturated carbocycles. The number of aromatic nitrogens is 2. The van der Waals surface area contributed by atoms with Crippen LogP contribution in [0.5, 0.6) is 0 Å². The Kier molecular flexibility index (Phi) is 4.21. The first-order valence-electron chi connectivity index (χ1n) is 8.92. The van der Waals surface area contributed by atoms with Crippen molar-refractivity contribution in [3.63, 3.8) is 0 Å². The SMILES string of the molecule is C#CCSc1nc2c(c(=O)n1C)C1(CCCCC1)Cc1ccccc1-2. The van der Waals surface area contributed by atoms with E-state index in [1.807, 2.05) is 13.1 Å². The van der Waals surface area contributed by atoms with E-state index in [9.17, 15) is 4.79 Å². The molecule has 1 fully saturated rings. The van der Waals surface area contributed by atoms with Gasteiger partial charge in [0.15, 0.2) is 5.16 Å². The second-order valence-electron chi connectivity index (χ2n) is 7.15. The molecule has 1 spiro atoms. The van der Waals surface area contributed by atoms with E-state index >= 15 is 0 Å². The van der Waals surface area contributed by atoms with Crippen LogP contribution >= 0.6 is 11.8 Å². The van der Waals surface area contributed by atoms with E-state index in [1.54, 1.807) is 4.57 Å². The zero-order valence-electron chi connectivity index (χ0n) is 14.5. The van der Waals surface area contributed by atoms with Gasteiger partial charge in [0.1, 0.15) is 0 Å². The average molecular weight is 350 g/mol. The fraction of sp³-hybridized carbons (Fsp3) is 0.429. The molecule has 0 atom stereocenters. The van der Waals surface area contributed by atoms with Crippen molar-refractivity contribution in [2.75, 3.05) is 5.75 Å². The van der Waals surface area contributed by atoms with E-state index in [1.165, 1.54) is 36.6 Å². The highest BCUT2D eigenvalue weighted by molar-refractivity contribution is 7.99. The van der Waals surface area contributed by atoms with Crippen LogP contribution in [0.25, 0.3) is 11.3 Å². The summed E-state index contributed by atoms with van der Waals surface area (Å²) in [5.41, 5.74) is 4.35. The number of fused-ring (bicyclic) bond motifs is 4. The summed E-state index contributed by atoms with van der Waals surface area (Å²) in [5.74, 6) is 3.15. The van der Waals surface area contributed by atoms with Crippen molar-refractivity contribution in [1.29, 1.82) is 0 Å². The van der Waals surface area contributed by atoms with Crippen LogP contribution in [0.1, 0.15) is 43.2 Å². The van der Waals surface area contributed by atoms with Crippen molar-refractivity contribution in [3.05, 3.63) is 45.7 Å². The van der Waals surface area contributed by atoms with Crippen molar-refractivity contribution < 1.29 is 0 Å². The summed E-state index contributed by atoms with van der Waals surface area (Å²) in [6, 6.07) is 8.43. The summed E-state index contributed by atoms with van der Waals surface area (Å²) >= 11 is 1.46. The molecule has 4 rings (SSSR count). The van der Waals surface area contributed by atoms with Crippen molar-refractivity contribution in [3.8, 4) is 23.6 Å². The Labute approximate surface area is 152 Å². The van der Waals surface area contributed by atoms with E-state index in [2.05, 4.69) is 24.1 Å². The normalized spacial score (nSPS) is 17.6. The molecule has 2 aliphatic carbocycles. The monoisotopic (exact) mass is 350 g/mol. The first-order valence-corrected chi connectivity index (χ1v) is 9.91. The van der Waals surface area contributed by atoms with Crippen LogP contribution in [-0.2, 0) is 18.9 Å². The minimum Gasteiger partial charge on any atom is -0.290 e. The quantitative estimate of drug-likeness (QED) is 0.468. The lowest BCUT2D eigenvalue weighted by Crippen LogP contribution is -2.42. The minimum absolute atomic E-state index is 0.0426. The molecule has 1 heterocycles. The molecule has 25 heavy (non-hydrogen) atoms. The summed E-state index contributed by atoms with van der Waals surface area (Å²) < 4.78 is 1.70. The molecule has 2 aromatic rings. The Morgan fingerprint density at radius 1 is 1.28 bits per heavy atom. The highest BCUT2D eigenvalue weighted by Gasteiger charge is 2.43. The standard InChI is InChI=1S/C21H22N2OS/c1-3-13-25-20-22-18-16-10-6-5-9-15(16)14-21(11-7-4-8-12-21)17(18)19(24)23(20)2/h1,5-6,9-10H,4,7-8,11-14H2,2H3. The molecule has 0 amide bonds. The molecule has 1 aromatic heterocycles. The number of rotatable bonds is 2. The lowest BCUT2D eigenvalue weighted by Gasteiger charge is -2.42. The number of hydrogen-bond donors (Lipinski definition) is 0. The molecular formula is C21H22N2OS. The summed E-state index contributed by atoms with van der Waals surface area (Å²) in [6.45, 7) is 0. The minimum atomic E-state index is -0.0426. The smallest absolute Gasteiger partial charge is 0.258 e. The summed E-state index contributed by atoms with van der Waals surface area (Å²) in [7, 11) is 1.82. The van der Waals surface area contributed by atoms with Gasteiger partial charge in [-0.3, -0.25) is 9.36 Å². The molecule has 0 bridgehead atoms. The fourth-order valence-corrected chi connectivity index (χ4v) is 5.15. The zero-order valence-corrected chi connectivity index (χ0v) is 15.4. The van der Waals surface area contributed by atoms with E-state index in [4.69, 9.17) is 11.4 Å². The van der Waals surface area contributed by atoms with Crippen molar-refractivity contribution in [1.82, 2.24) is 9.55 Å². The predicted octanol–water partition coefficient (Wildman–Crippen LogP) is 3.93. The van der Waals surface area contributed by atoms with Crippen LogP contribution in [0, 0.1) is 12.3 Å². The highest BCUT2D eigenvalue weighted by atomic mass is 32.2. The van der Waals surface area contributed by atoms with Gasteiger partial charge < -0.3 is 0 Å². The second kappa shape index (κ2) is 6.38. The fourth-order valence-electron chi connectivity index (χ4n) is 4.50. The van der Waals surface area contributed by atoms with Crippen LogP contribution in [0.3, 0.4) is 0 Å². The van der Waals surface area contributed by atoms with Gasteiger partial charge in [-0.2, -0.15) is 0 Å². The van der Waals surface area contributed by atoms with Crippen LogP contribution in [-0.4, -0.2) is 15.3 Å². The topological polar surface area (TPSA) is 34.9 Å². The molecular weight excluding hydrogens is 328 g/mol. The molecule has 0 radical (unpaired) electrons. The van der Waals surface area contributed by atoms with Gasteiger partial charge in [-0.25, -0.2) is 4.98 Å². The van der Waals surface area contributed by atoms with Crippen molar-refractivity contribution in [2.45, 2.75) is 49.1 Å². The lowest BCUT2D eigenvalue weighted by atomic mass is 9.62. The first kappa shape index (κ1) is 16.5. The molecule has 1 aromatic carbocycles. The molecule has 3 nitrogen and oxygen atoms in total. The second-order valence-corrected chi connectivity index (χ2v) is 8.09. The average Bonchev–Trinajstić information content (AvgIpc) is 2.64. The first-order chi connectivity index (χ1) is 12.2. The molecule has 0 aliphatic heterocycles. The number of terminal acetylenes is 1. The van der Waals surface area contributed by atoms with Gasteiger partial charge >= 0.3 is 0 Å². The predicted molar refractivity (Wildman–Crippen MR) is 103 cm³/mol. The van der Waals surface area contributed by atoms with Gasteiger partial charge in [0.05, 0.1) is 17.0 Å². The Hall–Kier alpha value is -1.99. The number of thioether (sulfide) groups is 1. The van der Waals surface area contributed by atoms with Crippen molar-refractivity contribution >= 4 is 11.8 Å². The number of hydrogen-bond acceptors (Lipinski definition) is 3. The zero-order chi connectivity index (χ0) is 17.4. The van der Waals surface area contributed by atoms with E-state index in [-0.39, 0.29) is 11.0 Å². The molecule has 2 aliphatic rings. The Morgan fingerprint density at radius 3 is 2.80 bits per heavy atom. The van der Waals surface area contributed by atoms with Gasteiger partial charge in [-0.1, -0.05) is 61.2 Å². The van der Waals surface area contributed by atoms with Gasteiger partial charge in [0, 0.05) is 18.0 Å². The number of nitrogens with zero attached hydrogens (tertiary/aromatic N) is 2. The molecule has 128 valence electrons. The largest absolute Gasteiger partial charge is 0.290 e. The summed E-state index contributed by atoms with van der Waals surface area (Å²) in [5, 5.41) is 0.712. The van der Waals surface area contributed by atoms with Gasteiger partial charge in [0.25, 0.3) is 5.56 Å². The molecule has 4 heteroatoms. The molecule has 0 saturated heterocycles. The van der Waals surface area contributed by atoms with E-state index < -0.39 is 0 Å². The highest BCUT2D eigenvalue weighted by Crippen LogP contribution is 2.48. The van der Waals surface area contributed by atoms with Crippen LogP contribution in [0.4, 0.5) is 0 Å². The maximum atomic E-state index is 13.3. The van der Waals surface area contributed by atoms with Crippen LogP contribution in [0.15, 0.2) is 34.2 Å². The Balaban J connectivity index is 1.99. The Morgan fingerprint density at radius 2 is 2.04 bits per heavy atom. The molecule has 0 unspecified atom stereocenters. The third-order valence-corrected chi connectivity index (χ3v) is 6.61. The maximum Gasteiger partial charge on any atom is 0.258 e. The Bertz CT molecular complexity index is 916. The lowest BCUT2D eigenvalue weighted by molar-refractivity contribution is 0.283. The third-order valence-electron chi connectivity index (χ3n) is 5.68. The third kappa shape index (κ3) is 2.62. The number of benzene rings is 1. The van der Waals surface area contributed by atoms with Gasteiger partial charge in [0.2, 0.25) is 0 Å². The van der Waals surface area contributed by atoms with Gasteiger partial charge in [-0.15, -0.1) is 6.42 Å². The van der Waals surface area contributed by atoms with E-state index in [0.717, 1.165) is 36.1 Å². The maximum absolute atomic E-state index is 13.3.